The quantitative estimate of drug-likeness (QED) is 0.931. The Labute approximate surface area is 117 Å². The zero-order valence-corrected chi connectivity index (χ0v) is 12.7. The van der Waals surface area contributed by atoms with Crippen LogP contribution in [0.3, 0.4) is 0 Å². The van der Waals surface area contributed by atoms with Gasteiger partial charge in [-0.3, -0.25) is 4.68 Å². The summed E-state index contributed by atoms with van der Waals surface area (Å²) in [5.74, 6) is 0. The Morgan fingerprint density at radius 3 is 2.67 bits per heavy atom. The van der Waals surface area contributed by atoms with E-state index in [1.807, 2.05) is 30.1 Å². The molecule has 3 nitrogen and oxygen atoms in total. The van der Waals surface area contributed by atoms with Gasteiger partial charge in [-0.05, 0) is 31.8 Å². The van der Waals surface area contributed by atoms with E-state index < -0.39 is 0 Å². The monoisotopic (exact) mass is 283 g/mol. The summed E-state index contributed by atoms with van der Waals surface area (Å²) >= 11 is 7.96. The number of thiophene rings is 1. The summed E-state index contributed by atoms with van der Waals surface area (Å²) in [6, 6.07) is 2.09. The second-order valence-electron chi connectivity index (χ2n) is 4.33. The maximum atomic E-state index is 6.27. The predicted molar refractivity (Wildman–Crippen MR) is 77.5 cm³/mol. The van der Waals surface area contributed by atoms with E-state index in [0.29, 0.717) is 0 Å². The van der Waals surface area contributed by atoms with Gasteiger partial charge in [0, 0.05) is 23.2 Å². The molecule has 0 fully saturated rings. The molecule has 0 bridgehead atoms. The van der Waals surface area contributed by atoms with Crippen molar-refractivity contribution in [3.8, 4) is 0 Å². The van der Waals surface area contributed by atoms with E-state index in [4.69, 9.17) is 11.6 Å². The van der Waals surface area contributed by atoms with Crippen LogP contribution in [-0.2, 0) is 7.05 Å². The maximum Gasteiger partial charge on any atom is 0.0722 e. The summed E-state index contributed by atoms with van der Waals surface area (Å²) < 4.78 is 1.93. The molecule has 0 spiro atoms. The maximum absolute atomic E-state index is 6.27. The number of aromatic nitrogens is 2. The lowest BCUT2D eigenvalue weighted by Gasteiger charge is -2.18. The average molecular weight is 284 g/mol. The van der Waals surface area contributed by atoms with Gasteiger partial charge in [-0.25, -0.2) is 0 Å². The van der Waals surface area contributed by atoms with Crippen LogP contribution in [0.2, 0.25) is 5.02 Å². The minimum Gasteiger partial charge on any atom is -0.306 e. The van der Waals surface area contributed by atoms with Crippen molar-refractivity contribution in [3.05, 3.63) is 38.3 Å². The molecule has 98 valence electrons. The normalized spacial score (nSPS) is 12.9. The molecule has 0 aliphatic heterocycles. The topological polar surface area (TPSA) is 29.9 Å². The number of hydrogen-bond donors (Lipinski definition) is 1. The number of aryl methyl sites for hydroxylation is 2. The first-order chi connectivity index (χ1) is 8.56. The van der Waals surface area contributed by atoms with E-state index in [0.717, 1.165) is 22.1 Å². The van der Waals surface area contributed by atoms with E-state index in [1.165, 1.54) is 11.3 Å². The van der Waals surface area contributed by atoms with Crippen LogP contribution in [0.5, 0.6) is 0 Å². The lowest BCUT2D eigenvalue weighted by atomic mass is 10.0. The van der Waals surface area contributed by atoms with E-state index in [2.05, 4.69) is 24.3 Å². The summed E-state index contributed by atoms with van der Waals surface area (Å²) in [6.07, 6.45) is 0. The zero-order chi connectivity index (χ0) is 13.3. The van der Waals surface area contributed by atoms with Crippen LogP contribution in [0.4, 0.5) is 0 Å². The number of nitrogens with one attached hydrogen (secondary N) is 1. The van der Waals surface area contributed by atoms with Crippen molar-refractivity contribution in [2.75, 3.05) is 6.54 Å². The number of nitrogens with zero attached hydrogens (tertiary/aromatic N) is 2. The molecule has 1 atom stereocenters. The van der Waals surface area contributed by atoms with E-state index in [9.17, 15) is 0 Å². The molecule has 0 aliphatic rings. The van der Waals surface area contributed by atoms with Crippen molar-refractivity contribution >= 4 is 22.9 Å². The lowest BCUT2D eigenvalue weighted by molar-refractivity contribution is 0.631. The number of rotatable bonds is 4. The first-order valence-corrected chi connectivity index (χ1v) is 7.28. The SMILES string of the molecule is CCNC(c1sccc1Cl)c1c(C)nn(C)c1C. The fourth-order valence-electron chi connectivity index (χ4n) is 2.25. The van der Waals surface area contributed by atoms with Gasteiger partial charge < -0.3 is 5.32 Å². The Morgan fingerprint density at radius 2 is 2.22 bits per heavy atom. The molecule has 0 aromatic carbocycles. The zero-order valence-electron chi connectivity index (χ0n) is 11.1. The Kier molecular flexibility index (Phi) is 4.10. The van der Waals surface area contributed by atoms with Crippen LogP contribution < -0.4 is 5.32 Å². The summed E-state index contributed by atoms with van der Waals surface area (Å²) in [5.41, 5.74) is 3.48. The molecule has 2 heterocycles. The summed E-state index contributed by atoms with van der Waals surface area (Å²) in [4.78, 5) is 1.16. The molecule has 0 aliphatic carbocycles. The molecule has 1 unspecified atom stereocenters. The third-order valence-corrected chi connectivity index (χ3v) is 4.59. The third-order valence-electron chi connectivity index (χ3n) is 3.17. The first kappa shape index (κ1) is 13.6. The summed E-state index contributed by atoms with van der Waals surface area (Å²) in [6.45, 7) is 7.15. The van der Waals surface area contributed by atoms with Crippen LogP contribution in [0.1, 0.15) is 34.8 Å². The summed E-state index contributed by atoms with van der Waals surface area (Å²) in [5, 5.41) is 10.9. The van der Waals surface area contributed by atoms with Gasteiger partial charge >= 0.3 is 0 Å². The highest BCUT2D eigenvalue weighted by molar-refractivity contribution is 7.10. The van der Waals surface area contributed by atoms with Gasteiger partial charge in [-0.2, -0.15) is 5.10 Å². The number of halogens is 1. The highest BCUT2D eigenvalue weighted by atomic mass is 35.5. The fourth-order valence-corrected chi connectivity index (χ4v) is 3.50. The van der Waals surface area contributed by atoms with Crippen LogP contribution in [0.25, 0.3) is 0 Å². The second-order valence-corrected chi connectivity index (χ2v) is 5.69. The Morgan fingerprint density at radius 1 is 1.50 bits per heavy atom. The highest BCUT2D eigenvalue weighted by Crippen LogP contribution is 2.35. The largest absolute Gasteiger partial charge is 0.306 e. The van der Waals surface area contributed by atoms with Gasteiger partial charge in [0.1, 0.15) is 0 Å². The molecular weight excluding hydrogens is 266 g/mol. The van der Waals surface area contributed by atoms with Gasteiger partial charge in [-0.1, -0.05) is 18.5 Å². The molecule has 2 rings (SSSR count). The van der Waals surface area contributed by atoms with Crippen LogP contribution in [0.15, 0.2) is 11.4 Å². The summed E-state index contributed by atoms with van der Waals surface area (Å²) in [7, 11) is 1.98. The standard InChI is InChI=1S/C13H18ClN3S/c1-5-15-12(13-10(14)6-7-18-13)11-8(2)16-17(4)9(11)3/h6-7,12,15H,5H2,1-4H3. The minimum atomic E-state index is 0.135. The second kappa shape index (κ2) is 5.43. The molecule has 1 N–H and O–H groups in total. The van der Waals surface area contributed by atoms with E-state index >= 15 is 0 Å². The molecule has 0 saturated heterocycles. The van der Waals surface area contributed by atoms with Crippen LogP contribution >= 0.6 is 22.9 Å². The van der Waals surface area contributed by atoms with Crippen molar-refractivity contribution in [1.82, 2.24) is 15.1 Å². The predicted octanol–water partition coefficient (Wildman–Crippen LogP) is 3.45. The molecule has 5 heteroatoms. The molecule has 18 heavy (non-hydrogen) atoms. The van der Waals surface area contributed by atoms with Gasteiger partial charge in [-0.15, -0.1) is 11.3 Å². The third kappa shape index (κ3) is 2.32. The van der Waals surface area contributed by atoms with Gasteiger partial charge in [0.25, 0.3) is 0 Å². The molecule has 0 amide bonds. The van der Waals surface area contributed by atoms with Crippen LogP contribution in [0, 0.1) is 13.8 Å². The Hall–Kier alpha value is -0.840. The molecule has 0 radical (unpaired) electrons. The average Bonchev–Trinajstić information content (AvgIpc) is 2.83. The first-order valence-electron chi connectivity index (χ1n) is 6.02. The molecule has 2 aromatic rings. The van der Waals surface area contributed by atoms with Crippen molar-refractivity contribution < 1.29 is 0 Å². The van der Waals surface area contributed by atoms with Crippen molar-refractivity contribution in [2.45, 2.75) is 26.8 Å². The Bertz CT molecular complexity index is 544. The fraction of sp³-hybridized carbons (Fsp3) is 0.462. The van der Waals surface area contributed by atoms with Crippen molar-refractivity contribution in [1.29, 1.82) is 0 Å². The van der Waals surface area contributed by atoms with E-state index in [1.54, 1.807) is 11.3 Å². The van der Waals surface area contributed by atoms with Gasteiger partial charge in [0.05, 0.1) is 16.8 Å². The number of hydrogen-bond acceptors (Lipinski definition) is 3. The van der Waals surface area contributed by atoms with Crippen LogP contribution in [-0.4, -0.2) is 16.3 Å². The van der Waals surface area contributed by atoms with Gasteiger partial charge in [0.2, 0.25) is 0 Å². The highest BCUT2D eigenvalue weighted by Gasteiger charge is 2.23. The van der Waals surface area contributed by atoms with Crippen molar-refractivity contribution in [2.24, 2.45) is 7.05 Å². The van der Waals surface area contributed by atoms with Gasteiger partial charge in [0.15, 0.2) is 0 Å². The molecular formula is C13H18ClN3S. The molecule has 2 aromatic heterocycles. The van der Waals surface area contributed by atoms with E-state index in [-0.39, 0.29) is 6.04 Å². The minimum absolute atomic E-state index is 0.135. The Balaban J connectivity index is 2.51. The lowest BCUT2D eigenvalue weighted by Crippen LogP contribution is -2.22. The van der Waals surface area contributed by atoms with Crippen molar-refractivity contribution in [3.63, 3.8) is 0 Å². The molecule has 0 saturated carbocycles. The smallest absolute Gasteiger partial charge is 0.0722 e.